The molecule has 0 aliphatic rings. The van der Waals surface area contributed by atoms with Gasteiger partial charge in [-0.3, -0.25) is 0 Å². The van der Waals surface area contributed by atoms with Gasteiger partial charge in [0.25, 0.3) is 0 Å². The predicted octanol–water partition coefficient (Wildman–Crippen LogP) is 6.20. The third-order valence-corrected chi connectivity index (χ3v) is 3.84. The topological polar surface area (TPSA) is 13.1 Å². The largest absolute Gasteiger partial charge is 0.453 e. The lowest BCUT2D eigenvalue weighted by molar-refractivity contribution is 0.669. The van der Waals surface area contributed by atoms with Crippen molar-refractivity contribution in [3.05, 3.63) is 44.4 Å². The number of hydrogen-bond donors (Lipinski definition) is 0. The maximum absolute atomic E-state index is 6.09. The Bertz CT molecular complexity index is 745. The van der Waals surface area contributed by atoms with Crippen molar-refractivity contribution in [1.29, 1.82) is 0 Å². The molecule has 86 valence electrons. The van der Waals surface area contributed by atoms with Crippen LogP contribution in [0, 0.1) is 0 Å². The number of halogens is 4. The second-order valence-electron chi connectivity index (χ2n) is 3.60. The van der Waals surface area contributed by atoms with Gasteiger partial charge >= 0.3 is 0 Å². The summed E-state index contributed by atoms with van der Waals surface area (Å²) in [5, 5.41) is 3.51. The molecule has 0 bridgehead atoms. The van der Waals surface area contributed by atoms with Gasteiger partial charge in [-0.15, -0.1) is 0 Å². The minimum absolute atomic E-state index is 0.382. The maximum Gasteiger partial charge on any atom is 0.155 e. The standard InChI is InChI=1S/C12H4Cl4O/c13-5-3-7-6-1-2-8(14)10(16)12(6)17-11(7)9(15)4-5/h1-4H. The van der Waals surface area contributed by atoms with Crippen LogP contribution in [0.5, 0.6) is 0 Å². The first-order valence-electron chi connectivity index (χ1n) is 4.73. The van der Waals surface area contributed by atoms with Gasteiger partial charge in [-0.05, 0) is 24.3 Å². The minimum atomic E-state index is 0.382. The highest BCUT2D eigenvalue weighted by Gasteiger charge is 2.15. The van der Waals surface area contributed by atoms with Crippen molar-refractivity contribution in [3.8, 4) is 0 Å². The average Bonchev–Trinajstić information content (AvgIpc) is 2.63. The van der Waals surface area contributed by atoms with Gasteiger partial charge in [0.1, 0.15) is 5.02 Å². The van der Waals surface area contributed by atoms with Gasteiger partial charge in [0.2, 0.25) is 0 Å². The molecule has 3 rings (SSSR count). The first-order chi connectivity index (χ1) is 8.08. The van der Waals surface area contributed by atoms with E-state index in [4.69, 9.17) is 50.8 Å². The van der Waals surface area contributed by atoms with Crippen LogP contribution in [0.4, 0.5) is 0 Å². The molecule has 17 heavy (non-hydrogen) atoms. The van der Waals surface area contributed by atoms with Gasteiger partial charge in [-0.2, -0.15) is 0 Å². The summed E-state index contributed by atoms with van der Waals surface area (Å²) in [4.78, 5) is 0. The summed E-state index contributed by atoms with van der Waals surface area (Å²) in [7, 11) is 0. The summed E-state index contributed by atoms with van der Waals surface area (Å²) < 4.78 is 5.64. The zero-order valence-electron chi connectivity index (χ0n) is 8.23. The van der Waals surface area contributed by atoms with Gasteiger partial charge in [-0.1, -0.05) is 46.4 Å². The van der Waals surface area contributed by atoms with Gasteiger partial charge < -0.3 is 4.42 Å². The molecule has 1 heterocycles. The second kappa shape index (κ2) is 3.96. The summed E-state index contributed by atoms with van der Waals surface area (Å²) >= 11 is 24.1. The fourth-order valence-electron chi connectivity index (χ4n) is 1.81. The van der Waals surface area contributed by atoms with Gasteiger partial charge in [0.05, 0.1) is 10.0 Å². The number of benzene rings is 2. The third kappa shape index (κ3) is 1.69. The number of fused-ring (bicyclic) bond motifs is 3. The van der Waals surface area contributed by atoms with Crippen LogP contribution in [0.3, 0.4) is 0 Å². The van der Waals surface area contributed by atoms with E-state index < -0.39 is 0 Å². The normalized spacial score (nSPS) is 11.5. The molecule has 0 unspecified atom stereocenters. The third-order valence-electron chi connectivity index (χ3n) is 2.55. The molecule has 0 N–H and O–H groups in total. The maximum atomic E-state index is 6.09. The fraction of sp³-hybridized carbons (Fsp3) is 0. The quantitative estimate of drug-likeness (QED) is 0.482. The molecular weight excluding hydrogens is 302 g/mol. The van der Waals surface area contributed by atoms with E-state index >= 15 is 0 Å². The Hall–Kier alpha value is -0.600. The Morgan fingerprint density at radius 2 is 1.53 bits per heavy atom. The summed E-state index contributed by atoms with van der Waals surface area (Å²) in [5.41, 5.74) is 1.09. The smallest absolute Gasteiger partial charge is 0.155 e. The Morgan fingerprint density at radius 3 is 2.29 bits per heavy atom. The van der Waals surface area contributed by atoms with Crippen molar-refractivity contribution < 1.29 is 4.42 Å². The lowest BCUT2D eigenvalue weighted by Crippen LogP contribution is -1.71. The predicted molar refractivity (Wildman–Crippen MR) is 73.8 cm³/mol. The minimum Gasteiger partial charge on any atom is -0.453 e. The van der Waals surface area contributed by atoms with Gasteiger partial charge in [0.15, 0.2) is 11.2 Å². The van der Waals surface area contributed by atoms with Crippen LogP contribution in [-0.2, 0) is 0 Å². The van der Waals surface area contributed by atoms with Crippen molar-refractivity contribution in [1.82, 2.24) is 0 Å². The van der Waals surface area contributed by atoms with E-state index in [1.165, 1.54) is 0 Å². The molecule has 0 fully saturated rings. The molecule has 1 nitrogen and oxygen atoms in total. The van der Waals surface area contributed by atoms with Crippen LogP contribution >= 0.6 is 46.4 Å². The number of furan rings is 1. The summed E-state index contributed by atoms with van der Waals surface area (Å²) in [6, 6.07) is 6.97. The lowest BCUT2D eigenvalue weighted by atomic mass is 10.1. The highest BCUT2D eigenvalue weighted by Crippen LogP contribution is 2.40. The number of hydrogen-bond acceptors (Lipinski definition) is 1. The van der Waals surface area contributed by atoms with Crippen molar-refractivity contribution in [2.75, 3.05) is 0 Å². The average molecular weight is 306 g/mol. The highest BCUT2D eigenvalue weighted by atomic mass is 35.5. The fourth-order valence-corrected chi connectivity index (χ4v) is 2.69. The van der Waals surface area contributed by atoms with Crippen LogP contribution < -0.4 is 0 Å². The van der Waals surface area contributed by atoms with E-state index in [1.54, 1.807) is 18.2 Å². The molecule has 1 aromatic heterocycles. The van der Waals surface area contributed by atoms with E-state index in [0.29, 0.717) is 31.3 Å². The summed E-state index contributed by atoms with van der Waals surface area (Å²) in [5.74, 6) is 0. The number of rotatable bonds is 0. The van der Waals surface area contributed by atoms with Crippen molar-refractivity contribution in [3.63, 3.8) is 0 Å². The first kappa shape index (κ1) is 11.5. The van der Waals surface area contributed by atoms with Crippen molar-refractivity contribution in [2.45, 2.75) is 0 Å². The molecule has 5 heteroatoms. The zero-order chi connectivity index (χ0) is 12.2. The summed E-state index contributed by atoms with van der Waals surface area (Å²) in [6.07, 6.45) is 0. The molecule has 0 aliphatic heterocycles. The molecule has 0 spiro atoms. The molecule has 0 saturated heterocycles. The van der Waals surface area contributed by atoms with Crippen LogP contribution in [-0.4, -0.2) is 0 Å². The first-order valence-corrected chi connectivity index (χ1v) is 6.24. The Labute approximate surface area is 117 Å². The molecule has 3 aromatic rings. The molecular formula is C12H4Cl4O. The van der Waals surface area contributed by atoms with Gasteiger partial charge in [-0.25, -0.2) is 0 Å². The SMILES string of the molecule is Clc1cc(Cl)c2oc3c(Cl)c(Cl)ccc3c2c1. The lowest BCUT2D eigenvalue weighted by Gasteiger charge is -1.95. The van der Waals surface area contributed by atoms with Gasteiger partial charge in [0, 0.05) is 15.8 Å². The van der Waals surface area contributed by atoms with Crippen LogP contribution in [0.1, 0.15) is 0 Å². The monoisotopic (exact) mass is 304 g/mol. The molecule has 2 aromatic carbocycles. The van der Waals surface area contributed by atoms with Crippen LogP contribution in [0.2, 0.25) is 20.1 Å². The zero-order valence-corrected chi connectivity index (χ0v) is 11.3. The molecule has 0 radical (unpaired) electrons. The molecule has 0 saturated carbocycles. The van der Waals surface area contributed by atoms with E-state index in [2.05, 4.69) is 0 Å². The summed E-state index contributed by atoms with van der Waals surface area (Å²) in [6.45, 7) is 0. The molecule has 0 amide bonds. The molecule has 0 aliphatic carbocycles. The van der Waals surface area contributed by atoms with Crippen LogP contribution in [0.25, 0.3) is 21.9 Å². The van der Waals surface area contributed by atoms with Crippen molar-refractivity contribution in [2.24, 2.45) is 0 Å². The van der Waals surface area contributed by atoms with E-state index in [1.807, 2.05) is 6.07 Å². The Balaban J connectivity index is 2.59. The van der Waals surface area contributed by atoms with E-state index in [0.717, 1.165) is 10.8 Å². The van der Waals surface area contributed by atoms with E-state index in [9.17, 15) is 0 Å². The second-order valence-corrected chi connectivity index (χ2v) is 5.23. The Morgan fingerprint density at radius 1 is 0.765 bits per heavy atom. The van der Waals surface area contributed by atoms with Crippen LogP contribution in [0.15, 0.2) is 28.7 Å². The van der Waals surface area contributed by atoms with Crippen molar-refractivity contribution >= 4 is 68.3 Å². The highest BCUT2D eigenvalue weighted by molar-refractivity contribution is 6.46. The van der Waals surface area contributed by atoms with E-state index in [-0.39, 0.29) is 0 Å². The Kier molecular flexibility index (Phi) is 2.68. The molecule has 0 atom stereocenters.